The first kappa shape index (κ1) is 11.7. The van der Waals surface area contributed by atoms with Crippen LogP contribution in [0, 0.1) is 5.82 Å². The van der Waals surface area contributed by atoms with E-state index < -0.39 is 0 Å². The number of rotatable bonds is 2. The lowest BCUT2D eigenvalue weighted by atomic mass is 10.2. The monoisotopic (exact) mass is 347 g/mol. The second-order valence-corrected chi connectivity index (χ2v) is 4.73. The van der Waals surface area contributed by atoms with Crippen molar-refractivity contribution in [3.8, 4) is 11.4 Å². The van der Waals surface area contributed by atoms with E-state index in [0.717, 1.165) is 5.82 Å². The molecule has 0 amide bonds. The van der Waals surface area contributed by atoms with Crippen molar-refractivity contribution < 1.29 is 4.39 Å². The highest BCUT2D eigenvalue weighted by molar-refractivity contribution is 9.10. The second-order valence-electron chi connectivity index (χ2n) is 3.26. The first-order chi connectivity index (χ1) is 7.63. The smallest absolute Gasteiger partial charge is 0.166 e. The van der Waals surface area contributed by atoms with Gasteiger partial charge in [-0.3, -0.25) is 0 Å². The molecule has 1 heterocycles. The van der Waals surface area contributed by atoms with Crippen LogP contribution in [0.1, 0.15) is 5.82 Å². The van der Waals surface area contributed by atoms with Gasteiger partial charge in [-0.05, 0) is 18.2 Å². The van der Waals surface area contributed by atoms with Crippen LogP contribution in [0.25, 0.3) is 11.4 Å². The topological polar surface area (TPSA) is 30.7 Å². The van der Waals surface area contributed by atoms with Crippen LogP contribution in [0.4, 0.5) is 4.39 Å². The van der Waals surface area contributed by atoms with Crippen molar-refractivity contribution in [1.29, 1.82) is 0 Å². The quantitative estimate of drug-likeness (QED) is 0.780. The van der Waals surface area contributed by atoms with Crippen molar-refractivity contribution in [1.82, 2.24) is 14.8 Å². The number of halogens is 3. The van der Waals surface area contributed by atoms with E-state index in [1.54, 1.807) is 16.7 Å². The minimum atomic E-state index is -0.314. The average molecular weight is 349 g/mol. The molecule has 0 N–H and O–H groups in total. The zero-order valence-electron chi connectivity index (χ0n) is 8.41. The molecular weight excluding hydrogens is 341 g/mol. The maximum Gasteiger partial charge on any atom is 0.166 e. The number of hydrogen-bond acceptors (Lipinski definition) is 2. The highest BCUT2D eigenvalue weighted by Crippen LogP contribution is 2.24. The SMILES string of the molecule is Cn1c(CBr)nnc1-c1ccc(Br)cc1F. The number of hydrogen-bond donors (Lipinski definition) is 0. The molecule has 2 aromatic rings. The zero-order valence-corrected chi connectivity index (χ0v) is 11.6. The Morgan fingerprint density at radius 2 is 2.12 bits per heavy atom. The standard InChI is InChI=1S/C10H8Br2FN3/c1-16-9(5-11)14-15-10(16)7-3-2-6(12)4-8(7)13/h2-4H,5H2,1H3. The molecule has 0 aliphatic heterocycles. The Balaban J connectivity index is 2.54. The molecule has 16 heavy (non-hydrogen) atoms. The lowest BCUT2D eigenvalue weighted by Crippen LogP contribution is -1.98. The molecule has 1 aromatic carbocycles. The minimum Gasteiger partial charge on any atom is -0.313 e. The fourth-order valence-corrected chi connectivity index (χ4v) is 2.20. The summed E-state index contributed by atoms with van der Waals surface area (Å²) in [6.45, 7) is 0. The predicted octanol–water partition coefficient (Wildman–Crippen LogP) is 3.28. The van der Waals surface area contributed by atoms with Gasteiger partial charge in [-0.1, -0.05) is 31.9 Å². The van der Waals surface area contributed by atoms with Crippen LogP contribution in [0.3, 0.4) is 0 Å². The Bertz CT molecular complexity index is 525. The molecule has 1 aromatic heterocycles. The molecule has 6 heteroatoms. The second kappa shape index (κ2) is 4.63. The molecule has 0 spiro atoms. The van der Waals surface area contributed by atoms with E-state index in [9.17, 15) is 4.39 Å². The van der Waals surface area contributed by atoms with Crippen LogP contribution in [0.5, 0.6) is 0 Å². The van der Waals surface area contributed by atoms with Gasteiger partial charge in [-0.15, -0.1) is 10.2 Å². The fourth-order valence-electron chi connectivity index (χ4n) is 1.38. The van der Waals surface area contributed by atoms with E-state index in [1.165, 1.54) is 6.07 Å². The highest BCUT2D eigenvalue weighted by atomic mass is 79.9. The molecule has 0 atom stereocenters. The van der Waals surface area contributed by atoms with E-state index in [0.29, 0.717) is 21.2 Å². The van der Waals surface area contributed by atoms with Crippen LogP contribution in [0.2, 0.25) is 0 Å². The molecule has 0 aliphatic rings. The summed E-state index contributed by atoms with van der Waals surface area (Å²) in [4.78, 5) is 0. The van der Waals surface area contributed by atoms with Gasteiger partial charge in [-0.2, -0.15) is 0 Å². The van der Waals surface area contributed by atoms with Crippen molar-refractivity contribution >= 4 is 31.9 Å². The first-order valence-corrected chi connectivity index (χ1v) is 6.44. The third-order valence-electron chi connectivity index (χ3n) is 2.26. The summed E-state index contributed by atoms with van der Waals surface area (Å²) < 4.78 is 16.2. The maximum absolute atomic E-state index is 13.7. The summed E-state index contributed by atoms with van der Waals surface area (Å²) in [5.41, 5.74) is 0.449. The number of aromatic nitrogens is 3. The van der Waals surface area contributed by atoms with Crippen molar-refractivity contribution in [2.24, 2.45) is 7.05 Å². The summed E-state index contributed by atoms with van der Waals surface area (Å²) in [7, 11) is 1.81. The van der Waals surface area contributed by atoms with Gasteiger partial charge in [0.2, 0.25) is 0 Å². The van der Waals surface area contributed by atoms with Crippen molar-refractivity contribution in [3.63, 3.8) is 0 Å². The molecule has 0 fully saturated rings. The molecule has 84 valence electrons. The summed E-state index contributed by atoms with van der Waals surface area (Å²) in [6.07, 6.45) is 0. The Kier molecular flexibility index (Phi) is 3.39. The van der Waals surface area contributed by atoms with Gasteiger partial charge in [0.25, 0.3) is 0 Å². The third kappa shape index (κ3) is 2.04. The van der Waals surface area contributed by atoms with Gasteiger partial charge >= 0.3 is 0 Å². The van der Waals surface area contributed by atoms with E-state index in [1.807, 2.05) is 7.05 Å². The Labute approximate surface area is 109 Å². The largest absolute Gasteiger partial charge is 0.313 e. The zero-order chi connectivity index (χ0) is 11.7. The molecule has 2 rings (SSSR count). The van der Waals surface area contributed by atoms with Crippen LogP contribution < -0.4 is 0 Å². The van der Waals surface area contributed by atoms with E-state index in [-0.39, 0.29) is 5.82 Å². The van der Waals surface area contributed by atoms with Crippen LogP contribution in [-0.2, 0) is 12.4 Å². The van der Waals surface area contributed by atoms with Gasteiger partial charge in [0.15, 0.2) is 5.82 Å². The average Bonchev–Trinajstić information content (AvgIpc) is 2.60. The van der Waals surface area contributed by atoms with Crippen LogP contribution in [-0.4, -0.2) is 14.8 Å². The summed E-state index contributed by atoms with van der Waals surface area (Å²) in [5, 5.41) is 8.53. The molecule has 0 saturated carbocycles. The van der Waals surface area contributed by atoms with Crippen LogP contribution >= 0.6 is 31.9 Å². The Hall–Kier alpha value is -0.750. The van der Waals surface area contributed by atoms with Crippen LogP contribution in [0.15, 0.2) is 22.7 Å². The molecular formula is C10H8Br2FN3. The van der Waals surface area contributed by atoms with E-state index in [4.69, 9.17) is 0 Å². The maximum atomic E-state index is 13.7. The third-order valence-corrected chi connectivity index (χ3v) is 3.25. The normalized spacial score (nSPS) is 10.8. The highest BCUT2D eigenvalue weighted by Gasteiger charge is 2.13. The molecule has 0 aliphatic carbocycles. The van der Waals surface area contributed by atoms with E-state index >= 15 is 0 Å². The number of benzene rings is 1. The van der Waals surface area contributed by atoms with Gasteiger partial charge < -0.3 is 4.57 Å². The molecule has 0 saturated heterocycles. The fraction of sp³-hybridized carbons (Fsp3) is 0.200. The van der Waals surface area contributed by atoms with Gasteiger partial charge in [0.05, 0.1) is 10.9 Å². The lowest BCUT2D eigenvalue weighted by Gasteiger charge is -2.03. The summed E-state index contributed by atoms with van der Waals surface area (Å²) >= 11 is 6.52. The Morgan fingerprint density at radius 1 is 1.38 bits per heavy atom. The summed E-state index contributed by atoms with van der Waals surface area (Å²) in [5.74, 6) is 0.975. The van der Waals surface area contributed by atoms with Crippen molar-refractivity contribution in [2.45, 2.75) is 5.33 Å². The van der Waals surface area contributed by atoms with E-state index in [2.05, 4.69) is 42.1 Å². The number of nitrogens with zero attached hydrogens (tertiary/aromatic N) is 3. The molecule has 0 radical (unpaired) electrons. The Morgan fingerprint density at radius 3 is 2.69 bits per heavy atom. The van der Waals surface area contributed by atoms with Crippen molar-refractivity contribution in [2.75, 3.05) is 0 Å². The minimum absolute atomic E-state index is 0.314. The number of alkyl halides is 1. The molecule has 0 unspecified atom stereocenters. The first-order valence-electron chi connectivity index (χ1n) is 4.53. The predicted molar refractivity (Wildman–Crippen MR) is 66.7 cm³/mol. The van der Waals surface area contributed by atoms with Crippen molar-refractivity contribution in [3.05, 3.63) is 34.3 Å². The van der Waals surface area contributed by atoms with Gasteiger partial charge in [0, 0.05) is 11.5 Å². The summed E-state index contributed by atoms with van der Waals surface area (Å²) in [6, 6.07) is 4.88. The molecule has 3 nitrogen and oxygen atoms in total. The van der Waals surface area contributed by atoms with Gasteiger partial charge in [0.1, 0.15) is 11.6 Å². The van der Waals surface area contributed by atoms with Gasteiger partial charge in [-0.25, -0.2) is 4.39 Å². The molecule has 0 bridgehead atoms. The lowest BCUT2D eigenvalue weighted by molar-refractivity contribution is 0.627.